The number of nitrogens with zero attached hydrogens (tertiary/aromatic N) is 1. The summed E-state index contributed by atoms with van der Waals surface area (Å²) in [5.41, 5.74) is -3.46. The summed E-state index contributed by atoms with van der Waals surface area (Å²) in [5.74, 6) is -5.21. The maximum atomic E-state index is 15.6. The molecule has 4 aromatic carbocycles. The zero-order valence-electron chi connectivity index (χ0n) is 23.0. The van der Waals surface area contributed by atoms with E-state index in [1.165, 1.54) is 18.2 Å². The van der Waals surface area contributed by atoms with E-state index in [2.05, 4.69) is 4.72 Å². The van der Waals surface area contributed by atoms with Gasteiger partial charge in [-0.1, -0.05) is 78.3 Å². The normalized spacial score (nSPS) is 18.7. The van der Waals surface area contributed by atoms with Crippen LogP contribution in [0.5, 0.6) is 0 Å². The van der Waals surface area contributed by atoms with Crippen molar-refractivity contribution in [3.05, 3.63) is 107 Å². The molecule has 0 bridgehead atoms. The first kappa shape index (κ1) is 31.3. The van der Waals surface area contributed by atoms with E-state index >= 15 is 8.78 Å². The first-order valence-electron chi connectivity index (χ1n) is 13.4. The summed E-state index contributed by atoms with van der Waals surface area (Å²) in [6.07, 6.45) is -2.83. The number of carbonyl (C=O) groups is 2. The molecule has 0 aliphatic carbocycles. The van der Waals surface area contributed by atoms with Crippen molar-refractivity contribution in [2.24, 2.45) is 0 Å². The van der Waals surface area contributed by atoms with Gasteiger partial charge in [0, 0.05) is 28.9 Å². The summed E-state index contributed by atoms with van der Waals surface area (Å²) in [7, 11) is -4.36. The third-order valence-electron chi connectivity index (χ3n) is 7.51. The van der Waals surface area contributed by atoms with Gasteiger partial charge in [-0.15, -0.1) is 0 Å². The number of aliphatic hydroxyl groups is 1. The van der Waals surface area contributed by atoms with Gasteiger partial charge in [0.2, 0.25) is 10.0 Å². The topological polar surface area (TPSA) is 133 Å². The molecule has 0 unspecified atom stereocenters. The van der Waals surface area contributed by atoms with Gasteiger partial charge < -0.3 is 14.9 Å². The molecule has 0 spiro atoms. The molecule has 0 saturated heterocycles. The molecule has 0 aromatic heterocycles. The predicted molar refractivity (Wildman–Crippen MR) is 159 cm³/mol. The molecule has 2 atom stereocenters. The number of alkyl halides is 2. The minimum absolute atomic E-state index is 0.0682. The standard InChI is InChI=1S/C31H27ClF2N2O7S/c32-22-13-14-26-24(18-22)30(40,31(33,34)15-16-36(26)29(38)39)19-43-28(37)25(17-20-7-2-1-3-8-20)35-44(41,42)27-12-6-10-21-9-4-5-11-23(21)27/h1-14,18,25,35,40H,15-17,19H2,(H,38,39)/t25-,30-/m0/s1. The van der Waals surface area contributed by atoms with Crippen LogP contribution in [0.2, 0.25) is 5.02 Å². The highest BCUT2D eigenvalue weighted by molar-refractivity contribution is 7.89. The highest BCUT2D eigenvalue weighted by atomic mass is 35.5. The lowest BCUT2D eigenvalue weighted by Crippen LogP contribution is -2.51. The summed E-state index contributed by atoms with van der Waals surface area (Å²) in [6, 6.07) is 21.7. The number of halogens is 3. The van der Waals surface area contributed by atoms with Crippen molar-refractivity contribution in [3.63, 3.8) is 0 Å². The van der Waals surface area contributed by atoms with E-state index in [4.69, 9.17) is 16.3 Å². The van der Waals surface area contributed by atoms with Crippen LogP contribution in [-0.4, -0.2) is 55.8 Å². The Morgan fingerprint density at radius 2 is 1.68 bits per heavy atom. The van der Waals surface area contributed by atoms with Gasteiger partial charge in [0.05, 0.1) is 10.6 Å². The second-order valence-electron chi connectivity index (χ2n) is 10.4. The lowest BCUT2D eigenvalue weighted by molar-refractivity contribution is -0.214. The summed E-state index contributed by atoms with van der Waals surface area (Å²) in [4.78, 5) is 25.9. The number of benzene rings is 4. The number of anilines is 1. The number of nitrogens with one attached hydrogen (secondary N) is 1. The maximum absolute atomic E-state index is 15.6. The van der Waals surface area contributed by atoms with Gasteiger partial charge in [-0.2, -0.15) is 4.72 Å². The Hall–Kier alpha value is -4.10. The van der Waals surface area contributed by atoms with Crippen LogP contribution in [0.3, 0.4) is 0 Å². The minimum atomic E-state index is -4.36. The SMILES string of the molecule is O=C(OC[C@]1(O)c2cc(Cl)ccc2N(C(=O)O)CCC1(F)F)[C@H](Cc1ccccc1)NS(=O)(=O)c1cccc2ccccc12. The molecule has 5 rings (SSSR count). The number of amides is 1. The van der Waals surface area contributed by atoms with Crippen LogP contribution in [0, 0.1) is 0 Å². The first-order chi connectivity index (χ1) is 20.8. The zero-order chi connectivity index (χ0) is 31.7. The number of ether oxygens (including phenoxy) is 1. The summed E-state index contributed by atoms with van der Waals surface area (Å²) < 4.78 is 66.0. The molecule has 0 radical (unpaired) electrons. The third kappa shape index (κ3) is 6.11. The summed E-state index contributed by atoms with van der Waals surface area (Å²) >= 11 is 6.05. The summed E-state index contributed by atoms with van der Waals surface area (Å²) in [6.45, 7) is -1.98. The number of rotatable bonds is 8. The number of carbonyl (C=O) groups excluding carboxylic acids is 1. The van der Waals surface area contributed by atoms with Crippen molar-refractivity contribution in [1.29, 1.82) is 0 Å². The van der Waals surface area contributed by atoms with Gasteiger partial charge >= 0.3 is 12.1 Å². The predicted octanol–water partition coefficient (Wildman–Crippen LogP) is 5.34. The van der Waals surface area contributed by atoms with Crippen molar-refractivity contribution in [2.45, 2.75) is 35.3 Å². The fourth-order valence-electron chi connectivity index (χ4n) is 5.21. The van der Waals surface area contributed by atoms with Gasteiger partial charge in [-0.25, -0.2) is 22.0 Å². The first-order valence-corrected chi connectivity index (χ1v) is 15.3. The zero-order valence-corrected chi connectivity index (χ0v) is 24.6. The molecule has 4 aromatic rings. The lowest BCUT2D eigenvalue weighted by atomic mass is 9.86. The molecule has 0 fully saturated rings. The van der Waals surface area contributed by atoms with Crippen LogP contribution in [0.1, 0.15) is 17.5 Å². The van der Waals surface area contributed by atoms with Gasteiger partial charge in [-0.05, 0) is 41.6 Å². The number of carboxylic acid groups (broad SMARTS) is 1. The van der Waals surface area contributed by atoms with Crippen molar-refractivity contribution in [1.82, 2.24) is 4.72 Å². The highest BCUT2D eigenvalue weighted by Gasteiger charge is 2.58. The van der Waals surface area contributed by atoms with Crippen molar-refractivity contribution in [3.8, 4) is 0 Å². The molecule has 1 aliphatic heterocycles. The van der Waals surface area contributed by atoms with E-state index in [0.717, 1.165) is 6.07 Å². The molecule has 44 heavy (non-hydrogen) atoms. The van der Waals surface area contributed by atoms with Gasteiger partial charge in [-0.3, -0.25) is 9.69 Å². The van der Waals surface area contributed by atoms with Crippen LogP contribution in [0.25, 0.3) is 10.8 Å². The molecule has 9 nitrogen and oxygen atoms in total. The number of hydrogen-bond acceptors (Lipinski definition) is 6. The number of fused-ring (bicyclic) bond motifs is 2. The quantitative estimate of drug-likeness (QED) is 0.221. The maximum Gasteiger partial charge on any atom is 0.411 e. The average Bonchev–Trinajstić information content (AvgIpc) is 3.07. The Balaban J connectivity index is 1.49. The molecular formula is C31H27ClF2N2O7S. The molecule has 0 saturated carbocycles. The molecule has 3 N–H and O–H groups in total. The molecular weight excluding hydrogens is 618 g/mol. The van der Waals surface area contributed by atoms with Crippen molar-refractivity contribution in [2.75, 3.05) is 18.1 Å². The molecule has 1 heterocycles. The van der Waals surface area contributed by atoms with Gasteiger partial charge in [0.1, 0.15) is 12.6 Å². The minimum Gasteiger partial charge on any atom is -0.465 e. The Morgan fingerprint density at radius 1 is 1.00 bits per heavy atom. The van der Waals surface area contributed by atoms with Gasteiger partial charge in [0.25, 0.3) is 5.92 Å². The number of esters is 1. The van der Waals surface area contributed by atoms with Crippen LogP contribution in [0.15, 0.2) is 95.9 Å². The van der Waals surface area contributed by atoms with Crippen LogP contribution < -0.4 is 9.62 Å². The Morgan fingerprint density at radius 3 is 2.41 bits per heavy atom. The second kappa shape index (κ2) is 12.1. The molecule has 13 heteroatoms. The van der Waals surface area contributed by atoms with E-state index < -0.39 is 64.8 Å². The fraction of sp³-hybridized carbons (Fsp3) is 0.226. The third-order valence-corrected chi connectivity index (χ3v) is 9.27. The van der Waals surface area contributed by atoms with Crippen LogP contribution in [0.4, 0.5) is 19.3 Å². The van der Waals surface area contributed by atoms with Crippen molar-refractivity contribution >= 4 is 50.1 Å². The lowest BCUT2D eigenvalue weighted by Gasteiger charge is -2.35. The number of sulfonamides is 1. The van der Waals surface area contributed by atoms with E-state index in [9.17, 15) is 28.2 Å². The molecule has 230 valence electrons. The molecule has 1 amide bonds. The Kier molecular flexibility index (Phi) is 8.63. The summed E-state index contributed by atoms with van der Waals surface area (Å²) in [5, 5.41) is 22.1. The largest absolute Gasteiger partial charge is 0.465 e. The van der Waals surface area contributed by atoms with E-state index in [1.54, 1.807) is 66.7 Å². The molecule has 1 aliphatic rings. The van der Waals surface area contributed by atoms with Gasteiger partial charge in [0.15, 0.2) is 5.60 Å². The van der Waals surface area contributed by atoms with E-state index in [0.29, 0.717) is 21.2 Å². The fourth-order valence-corrected chi connectivity index (χ4v) is 6.80. The monoisotopic (exact) mass is 644 g/mol. The van der Waals surface area contributed by atoms with E-state index in [-0.39, 0.29) is 22.0 Å². The van der Waals surface area contributed by atoms with E-state index in [1.807, 2.05) is 0 Å². The Bertz CT molecular complexity index is 1820. The average molecular weight is 645 g/mol. The number of hydrogen-bond donors (Lipinski definition) is 3. The highest BCUT2D eigenvalue weighted by Crippen LogP contribution is 2.47. The Labute approximate surface area is 256 Å². The second-order valence-corrected chi connectivity index (χ2v) is 12.5. The van der Waals surface area contributed by atoms with Crippen LogP contribution in [-0.2, 0) is 31.6 Å². The smallest absolute Gasteiger partial charge is 0.411 e. The van der Waals surface area contributed by atoms with Crippen LogP contribution >= 0.6 is 11.6 Å². The van der Waals surface area contributed by atoms with Crippen molar-refractivity contribution < 1.29 is 41.7 Å².